The van der Waals surface area contributed by atoms with E-state index in [0.29, 0.717) is 71.5 Å². The Morgan fingerprint density at radius 3 is 0.907 bits per heavy atom. The number of rotatable bonds is 21. The van der Waals surface area contributed by atoms with Crippen molar-refractivity contribution in [3.05, 3.63) is 233 Å². The molecule has 0 heterocycles. The van der Waals surface area contributed by atoms with Crippen LogP contribution in [0.3, 0.4) is 0 Å². The molecule has 0 aliphatic heterocycles. The predicted molar refractivity (Wildman–Crippen MR) is 389 cm³/mol. The second-order valence-corrected chi connectivity index (χ2v) is 23.3. The summed E-state index contributed by atoms with van der Waals surface area (Å²) in [6, 6.07) is 42.3. The van der Waals surface area contributed by atoms with Crippen LogP contribution in [0.2, 0.25) is 0 Å². The summed E-state index contributed by atoms with van der Waals surface area (Å²) in [6.07, 6.45) is 4.61. The van der Waals surface area contributed by atoms with Gasteiger partial charge in [-0.15, -0.1) is 0 Å². The van der Waals surface area contributed by atoms with Crippen molar-refractivity contribution in [3.63, 3.8) is 0 Å². The van der Waals surface area contributed by atoms with Crippen molar-refractivity contribution in [1.82, 2.24) is 16.0 Å². The predicted octanol–water partition coefficient (Wildman–Crippen LogP) is 8.43. The molecule has 0 unspecified atom stereocenters. The number of phenolic OH excluding ortho intramolecular Hbond substituents is 20. The topological polar surface area (TPSA) is 550 Å². The van der Waals surface area contributed by atoms with Gasteiger partial charge in [0.2, 0.25) is 29.5 Å². The molecule has 0 saturated carbocycles. The first-order chi connectivity index (χ1) is 50.8. The molecule has 30 heteroatoms. The van der Waals surface area contributed by atoms with Crippen molar-refractivity contribution in [3.8, 4) is 115 Å². The fourth-order valence-corrected chi connectivity index (χ4v) is 9.22. The minimum Gasteiger partial charge on any atom is -0.504 e. The van der Waals surface area contributed by atoms with Crippen molar-refractivity contribution in [2.24, 2.45) is 0 Å². The molecule has 0 aromatic heterocycles. The van der Waals surface area contributed by atoms with Gasteiger partial charge in [-0.3, -0.25) is 24.0 Å². The Balaban J connectivity index is 0.000000209. The van der Waals surface area contributed by atoms with Crippen LogP contribution in [0.25, 0.3) is 6.08 Å². The smallest absolute Gasteiger partial charge is 0.248 e. The molecule has 0 radical (unpaired) electrons. The van der Waals surface area contributed by atoms with Crippen molar-refractivity contribution in [2.45, 2.75) is 51.5 Å². The average Bonchev–Trinajstić information content (AvgIpc) is 0.858. The highest BCUT2D eigenvalue weighted by Gasteiger charge is 2.14. The van der Waals surface area contributed by atoms with E-state index in [1.807, 2.05) is 0 Å². The third kappa shape index (κ3) is 27.6. The van der Waals surface area contributed by atoms with Crippen LogP contribution in [-0.4, -0.2) is 145 Å². The molecule has 10 aromatic carbocycles. The summed E-state index contributed by atoms with van der Waals surface area (Å²) >= 11 is 0. The fourth-order valence-electron chi connectivity index (χ4n) is 9.22. The van der Waals surface area contributed by atoms with Crippen LogP contribution in [0.5, 0.6) is 115 Å². The number of benzene rings is 10. The molecular weight excluding hydrogens is 1390 g/mol. The number of carbonyl (C=O) groups excluding carboxylic acids is 5. The summed E-state index contributed by atoms with van der Waals surface area (Å²) in [4.78, 5) is 58.8. The zero-order valence-corrected chi connectivity index (χ0v) is 56.5. The summed E-state index contributed by atoms with van der Waals surface area (Å²) in [7, 11) is 0. The quantitative estimate of drug-likeness (QED) is 0.0182. The minimum absolute atomic E-state index is 0.00449. The fraction of sp³-hybridized carbons (Fsp3) is 0.130. The highest BCUT2D eigenvalue weighted by Crippen LogP contribution is 2.33. The lowest BCUT2D eigenvalue weighted by Gasteiger charge is -2.07. The van der Waals surface area contributed by atoms with Crippen LogP contribution in [0.4, 0.5) is 11.4 Å². The highest BCUT2D eigenvalue weighted by atomic mass is 16.3. The van der Waals surface area contributed by atoms with Gasteiger partial charge in [0.25, 0.3) is 0 Å². The molecule has 0 spiro atoms. The summed E-state index contributed by atoms with van der Waals surface area (Å²) in [5, 5.41) is 198. The van der Waals surface area contributed by atoms with Gasteiger partial charge in [0.15, 0.2) is 115 Å². The third-order valence-corrected chi connectivity index (χ3v) is 14.9. The lowest BCUT2D eigenvalue weighted by atomic mass is 10.1. The number of nitrogens with one attached hydrogen (secondary N) is 5. The molecule has 0 atom stereocenters. The number of aryl methyl sites for hydroxylation is 1. The van der Waals surface area contributed by atoms with Crippen LogP contribution in [-0.2, 0) is 69.0 Å². The van der Waals surface area contributed by atoms with E-state index < -0.39 is 5.91 Å². The van der Waals surface area contributed by atoms with E-state index in [4.69, 9.17) is 20.4 Å². The van der Waals surface area contributed by atoms with Crippen LogP contribution in [0.15, 0.2) is 188 Å². The van der Waals surface area contributed by atoms with Gasteiger partial charge < -0.3 is 129 Å². The van der Waals surface area contributed by atoms with Gasteiger partial charge in [-0.05, 0) is 191 Å². The van der Waals surface area contributed by atoms with Crippen molar-refractivity contribution in [1.29, 1.82) is 0 Å². The second-order valence-electron chi connectivity index (χ2n) is 23.3. The molecular formula is C77H77N5O25. The molecule has 0 aliphatic rings. The van der Waals surface area contributed by atoms with E-state index in [9.17, 15) is 106 Å². The van der Waals surface area contributed by atoms with E-state index in [-0.39, 0.29) is 171 Å². The second kappa shape index (κ2) is 39.5. The molecule has 25 N–H and O–H groups in total. The average molecular weight is 1470 g/mol. The van der Waals surface area contributed by atoms with Gasteiger partial charge >= 0.3 is 0 Å². The molecule has 560 valence electrons. The lowest BCUT2D eigenvalue weighted by molar-refractivity contribution is -0.121. The number of hydrogen-bond acceptors (Lipinski definition) is 25. The molecule has 30 nitrogen and oxygen atoms in total. The molecule has 10 aromatic rings. The molecule has 0 saturated heterocycles. The molecule has 5 amide bonds. The summed E-state index contributed by atoms with van der Waals surface area (Å²) < 4.78 is 0. The van der Waals surface area contributed by atoms with Crippen LogP contribution in [0.1, 0.15) is 50.9 Å². The van der Waals surface area contributed by atoms with Gasteiger partial charge in [0.1, 0.15) is 0 Å². The Bertz CT molecular complexity index is 4740. The van der Waals surface area contributed by atoms with E-state index in [0.717, 1.165) is 16.7 Å². The number of phenols is 20. The molecule has 0 bridgehead atoms. The van der Waals surface area contributed by atoms with Gasteiger partial charge in [-0.2, -0.15) is 0 Å². The van der Waals surface area contributed by atoms with Crippen molar-refractivity contribution < 1.29 is 126 Å². The Labute approximate surface area is 609 Å². The highest BCUT2D eigenvalue weighted by molar-refractivity contribution is 6.02. The van der Waals surface area contributed by atoms with Gasteiger partial charge in [-0.1, -0.05) is 48.5 Å². The van der Waals surface area contributed by atoms with Gasteiger partial charge in [0.05, 0.1) is 19.3 Å². The monoisotopic (exact) mass is 1470 g/mol. The van der Waals surface area contributed by atoms with Crippen LogP contribution >= 0.6 is 0 Å². The maximum atomic E-state index is 11.8. The number of carbonyl (C=O) groups is 5. The molecule has 0 aliphatic carbocycles. The SMILES string of the molecule is O=C(/C=C/c1ccc(O)c(O)c1)Nc1ccc(O)c(O)c1.O=C(CCc1ccc(O)c(O)c1)NCCc1ccc(O)c(O)c1.O=C(Cc1ccc(O)c(O)c1)NCCc1ccc(O)c(O)c1.O=C(Cc1ccc(O)c(O)c1)NCc1ccc(O)c(O)c1.O=C(Cc1ccc(O)c(O)c1)Nc1ccc(O)c(O)c1. The van der Waals surface area contributed by atoms with Crippen molar-refractivity contribution in [2.75, 3.05) is 23.7 Å². The first kappa shape index (κ1) is 81.3. The number of amides is 5. The number of hydrogen-bond donors (Lipinski definition) is 25. The first-order valence-corrected chi connectivity index (χ1v) is 32.0. The van der Waals surface area contributed by atoms with Crippen LogP contribution < -0.4 is 26.6 Å². The number of anilines is 2. The molecule has 0 fully saturated rings. The maximum absolute atomic E-state index is 11.8. The summed E-state index contributed by atoms with van der Waals surface area (Å²) in [6.45, 7) is 1.01. The zero-order chi connectivity index (χ0) is 78.4. The Kier molecular flexibility index (Phi) is 30.0. The molecule has 10 rings (SSSR count). The van der Waals surface area contributed by atoms with E-state index in [1.165, 1.54) is 158 Å². The van der Waals surface area contributed by atoms with Gasteiger partial charge in [0, 0.05) is 55.6 Å². The van der Waals surface area contributed by atoms with E-state index in [2.05, 4.69) is 26.6 Å². The normalized spacial score (nSPS) is 10.4. The Hall–Kier alpha value is -14.7. The largest absolute Gasteiger partial charge is 0.504 e. The maximum Gasteiger partial charge on any atom is 0.248 e. The Morgan fingerprint density at radius 2 is 0.533 bits per heavy atom. The number of aromatic hydroxyl groups is 20. The first-order valence-electron chi connectivity index (χ1n) is 32.0. The summed E-state index contributed by atoms with van der Waals surface area (Å²) in [5.41, 5.74) is 5.90. The third-order valence-electron chi connectivity index (χ3n) is 14.9. The van der Waals surface area contributed by atoms with E-state index >= 15 is 0 Å². The summed E-state index contributed by atoms with van der Waals surface area (Å²) in [5.74, 6) is -6.26. The Morgan fingerprint density at radius 1 is 0.252 bits per heavy atom. The van der Waals surface area contributed by atoms with Gasteiger partial charge in [-0.25, -0.2) is 0 Å². The van der Waals surface area contributed by atoms with Crippen molar-refractivity contribution >= 4 is 47.0 Å². The van der Waals surface area contributed by atoms with E-state index in [1.54, 1.807) is 36.4 Å². The molecule has 107 heavy (non-hydrogen) atoms. The van der Waals surface area contributed by atoms with Crippen LogP contribution in [0, 0.1) is 0 Å². The lowest BCUT2D eigenvalue weighted by Crippen LogP contribution is -2.27. The standard InChI is InChI=1S/C17H19NO5.C16H17NO5.C15H13NO5.C15H15NO5.C14H13NO5/c19-13-4-1-11(9-15(13)21)3-6-17(23)18-8-7-12-2-5-14(20)16(22)10-12;18-12-3-1-10(7-14(12)20)5-6-17-16(22)9-11-2-4-13(19)15(21)8-11;17-11-4-1-9(7-13(11)19)2-6-15(21)16-10-3-5-12(18)14(20)8-10;17-11-3-1-9(5-13(11)19)7-15(21)16-8-10-2-4-12(18)14(20)6-10;16-10-3-1-8(5-12(10)18)6-14(20)15-9-2-4-11(17)13(19)7-9/h1-2,4-5,9-10,19-22H,3,6-8H2,(H,18,23);1-4,7-8,18-21H,5-6,9H2,(H,17,22);1-8,17-20H,(H,16,21);1-6,17-20H,7-8H2,(H,16,21);1-5,7,16-19H,6H2,(H,15,20)/b;;6-2+;;. The minimum atomic E-state index is -0.451. The zero-order valence-electron chi connectivity index (χ0n) is 56.5.